The lowest BCUT2D eigenvalue weighted by molar-refractivity contribution is -0.605. The summed E-state index contributed by atoms with van der Waals surface area (Å²) in [5, 5.41) is 11.5. The highest BCUT2D eigenvalue weighted by Gasteiger charge is 2.23. The van der Waals surface area contributed by atoms with E-state index in [0.29, 0.717) is 27.0 Å². The van der Waals surface area contributed by atoms with Crippen LogP contribution in [0.25, 0.3) is 0 Å². The van der Waals surface area contributed by atoms with Crippen molar-refractivity contribution in [1.82, 2.24) is 4.72 Å². The van der Waals surface area contributed by atoms with Gasteiger partial charge < -0.3 is 14.7 Å². The molecule has 0 saturated carbocycles. The molecule has 42 heavy (non-hydrogen) atoms. The highest BCUT2D eigenvalue weighted by molar-refractivity contribution is 7.90. The lowest BCUT2D eigenvalue weighted by atomic mass is 9.86. The summed E-state index contributed by atoms with van der Waals surface area (Å²) < 4.78 is 89.1. The summed E-state index contributed by atoms with van der Waals surface area (Å²) in [6.07, 6.45) is 2.74. The summed E-state index contributed by atoms with van der Waals surface area (Å²) in [6.45, 7) is -4.93. The first-order valence-corrected chi connectivity index (χ1v) is 13.9. The van der Waals surface area contributed by atoms with Crippen molar-refractivity contribution in [3.63, 3.8) is 0 Å². The molecule has 0 radical (unpaired) electrons. The number of halogens is 4. The molecule has 1 N–H and O–H groups in total. The van der Waals surface area contributed by atoms with Crippen molar-refractivity contribution in [2.75, 3.05) is 0 Å². The number of sulfonamides is 1. The van der Waals surface area contributed by atoms with Gasteiger partial charge in [-0.3, -0.25) is 4.79 Å². The highest BCUT2D eigenvalue weighted by Crippen LogP contribution is 2.37. The van der Waals surface area contributed by atoms with E-state index in [4.69, 9.17) is 0 Å². The Hall–Kier alpha value is -4.65. The van der Waals surface area contributed by atoms with Gasteiger partial charge in [0.25, 0.3) is 15.9 Å². The quantitative estimate of drug-likeness (QED) is 0.141. The molecule has 4 aromatic rings. The Balaban J connectivity index is 1.69. The number of alkyl halides is 4. The van der Waals surface area contributed by atoms with Gasteiger partial charge in [0, 0.05) is 23.6 Å². The second kappa shape index (κ2) is 12.9. The van der Waals surface area contributed by atoms with Gasteiger partial charge in [-0.1, -0.05) is 36.4 Å². The molecule has 8 nitrogen and oxygen atoms in total. The number of carbonyl (C=O) groups excluding carboxylic acids is 1. The van der Waals surface area contributed by atoms with Crippen molar-refractivity contribution < 1.29 is 45.0 Å². The summed E-state index contributed by atoms with van der Waals surface area (Å²) in [4.78, 5) is 12.4. The van der Waals surface area contributed by atoms with Crippen LogP contribution in [0.1, 0.15) is 38.5 Å². The van der Waals surface area contributed by atoms with Gasteiger partial charge in [0.05, 0.1) is 4.90 Å². The summed E-state index contributed by atoms with van der Waals surface area (Å²) >= 11 is 0. The monoisotopic (exact) mass is 604 g/mol. The molecular formula is C29H24F4N2O6S. The van der Waals surface area contributed by atoms with Crippen LogP contribution >= 0.6 is 0 Å². The van der Waals surface area contributed by atoms with E-state index in [1.165, 1.54) is 48.8 Å². The molecular weight excluding hydrogens is 580 g/mol. The first kappa shape index (κ1) is 30.3. The zero-order valence-corrected chi connectivity index (χ0v) is 22.7. The van der Waals surface area contributed by atoms with E-state index in [1.54, 1.807) is 37.3 Å². The van der Waals surface area contributed by atoms with Crippen molar-refractivity contribution in [3.8, 4) is 11.5 Å². The van der Waals surface area contributed by atoms with E-state index in [2.05, 4.69) is 9.47 Å². The molecule has 4 rings (SSSR count). The van der Waals surface area contributed by atoms with Gasteiger partial charge in [-0.15, -0.1) is 0 Å². The number of nitrogens with zero attached hydrogens (tertiary/aromatic N) is 1. The average Bonchev–Trinajstić information content (AvgIpc) is 2.93. The Morgan fingerprint density at radius 3 is 2.07 bits per heavy atom. The number of aryl methyl sites for hydroxylation is 1. The number of hydrogen-bond donors (Lipinski definition) is 1. The average molecular weight is 605 g/mol. The minimum atomic E-state index is -4.26. The standard InChI is InChI=1S/C29H24F4N2O6S/c1-18-4-2-3-5-23(18)27(36)34-42(38,39)22-9-6-20(7-10-22)24(16-19-12-14-35(37)15-13-19)21-8-11-25(40-28(30)31)26(17-21)41-29(32)33/h2-15,17,24,28-29H,16H2,1H3,(H,34,36). The van der Waals surface area contributed by atoms with Crippen LogP contribution in [-0.2, 0) is 16.4 Å². The van der Waals surface area contributed by atoms with E-state index in [9.17, 15) is 36.0 Å². The number of amides is 1. The molecule has 1 unspecified atom stereocenters. The minimum absolute atomic E-state index is 0.195. The number of ether oxygens (including phenoxy) is 2. The third-order valence-corrected chi connectivity index (χ3v) is 7.67. The molecule has 13 heteroatoms. The fourth-order valence-electron chi connectivity index (χ4n) is 4.31. The largest absolute Gasteiger partial charge is 0.619 e. The molecule has 0 saturated heterocycles. The molecule has 3 aromatic carbocycles. The molecule has 1 amide bonds. The van der Waals surface area contributed by atoms with Crippen LogP contribution in [-0.4, -0.2) is 27.5 Å². The summed E-state index contributed by atoms with van der Waals surface area (Å²) in [5.41, 5.74) is 2.32. The van der Waals surface area contributed by atoms with Crippen LogP contribution in [0, 0.1) is 12.1 Å². The number of pyridine rings is 1. The molecule has 0 aliphatic carbocycles. The van der Waals surface area contributed by atoms with E-state index in [1.807, 2.05) is 4.72 Å². The van der Waals surface area contributed by atoms with Gasteiger partial charge in [0.2, 0.25) is 0 Å². The Morgan fingerprint density at radius 1 is 0.857 bits per heavy atom. The normalized spacial score (nSPS) is 12.3. The topological polar surface area (TPSA) is 109 Å². The molecule has 0 aliphatic rings. The molecule has 1 aromatic heterocycles. The summed E-state index contributed by atoms with van der Waals surface area (Å²) in [7, 11) is -4.26. The van der Waals surface area contributed by atoms with E-state index >= 15 is 0 Å². The molecule has 0 aliphatic heterocycles. The fraction of sp³-hybridized carbons (Fsp3) is 0.172. The highest BCUT2D eigenvalue weighted by atomic mass is 32.2. The van der Waals surface area contributed by atoms with Crippen LogP contribution < -0.4 is 18.9 Å². The maximum atomic E-state index is 13.1. The third-order valence-electron chi connectivity index (χ3n) is 6.32. The van der Waals surface area contributed by atoms with E-state index in [-0.39, 0.29) is 16.9 Å². The van der Waals surface area contributed by atoms with Crippen molar-refractivity contribution >= 4 is 15.9 Å². The summed E-state index contributed by atoms with van der Waals surface area (Å²) in [5.74, 6) is -2.64. The maximum absolute atomic E-state index is 13.1. The van der Waals surface area contributed by atoms with Crippen molar-refractivity contribution in [1.29, 1.82) is 0 Å². The Kier molecular flexibility index (Phi) is 9.31. The number of hydrogen-bond acceptors (Lipinski definition) is 6. The number of aromatic nitrogens is 1. The molecule has 1 atom stereocenters. The Bertz CT molecular complexity index is 1650. The van der Waals surface area contributed by atoms with Crippen LogP contribution in [0.3, 0.4) is 0 Å². The van der Waals surface area contributed by atoms with Gasteiger partial charge in [0.1, 0.15) is 0 Å². The lowest BCUT2D eigenvalue weighted by Gasteiger charge is -2.21. The fourth-order valence-corrected chi connectivity index (χ4v) is 5.28. The molecule has 0 spiro atoms. The van der Waals surface area contributed by atoms with Gasteiger partial charge >= 0.3 is 13.2 Å². The third kappa shape index (κ3) is 7.55. The van der Waals surface area contributed by atoms with Gasteiger partial charge in [-0.25, -0.2) is 13.1 Å². The predicted molar refractivity (Wildman–Crippen MR) is 143 cm³/mol. The van der Waals surface area contributed by atoms with Crippen molar-refractivity contribution in [2.24, 2.45) is 0 Å². The number of nitrogens with one attached hydrogen (secondary N) is 1. The first-order valence-electron chi connectivity index (χ1n) is 12.4. The smallest absolute Gasteiger partial charge is 0.387 e. The SMILES string of the molecule is Cc1ccccc1C(=O)NS(=O)(=O)c1ccc(C(Cc2cc[n+]([O-])cc2)c2ccc(OC(F)F)c(OC(F)F)c2)cc1. The maximum Gasteiger partial charge on any atom is 0.387 e. The van der Waals surface area contributed by atoms with Crippen LogP contribution in [0.15, 0.2) is 96.2 Å². The van der Waals surface area contributed by atoms with Crippen molar-refractivity contribution in [2.45, 2.75) is 37.4 Å². The zero-order chi connectivity index (χ0) is 30.4. The van der Waals surface area contributed by atoms with Crippen LogP contribution in [0.2, 0.25) is 0 Å². The van der Waals surface area contributed by atoms with Gasteiger partial charge in [0.15, 0.2) is 23.9 Å². The Labute approximate surface area is 238 Å². The second-order valence-electron chi connectivity index (χ2n) is 9.10. The summed E-state index contributed by atoms with van der Waals surface area (Å²) in [6, 6.07) is 18.7. The first-order chi connectivity index (χ1) is 19.9. The van der Waals surface area contributed by atoms with Crippen LogP contribution in [0.5, 0.6) is 11.5 Å². The molecule has 0 bridgehead atoms. The number of rotatable bonds is 11. The van der Waals surface area contributed by atoms with Gasteiger partial charge in [-0.2, -0.15) is 22.3 Å². The molecule has 0 fully saturated rings. The zero-order valence-electron chi connectivity index (χ0n) is 21.9. The van der Waals surface area contributed by atoms with E-state index < -0.39 is 46.6 Å². The van der Waals surface area contributed by atoms with E-state index in [0.717, 1.165) is 12.1 Å². The van der Waals surface area contributed by atoms with Crippen LogP contribution in [0.4, 0.5) is 17.6 Å². The predicted octanol–water partition coefficient (Wildman–Crippen LogP) is 5.32. The Morgan fingerprint density at radius 2 is 1.45 bits per heavy atom. The second-order valence-corrected chi connectivity index (χ2v) is 10.8. The lowest BCUT2D eigenvalue weighted by Crippen LogP contribution is -2.31. The molecule has 220 valence electrons. The molecule has 1 heterocycles. The number of benzene rings is 3. The van der Waals surface area contributed by atoms with Crippen molar-refractivity contribution in [3.05, 3.63) is 124 Å². The number of carbonyl (C=O) groups is 1. The van der Waals surface area contributed by atoms with Gasteiger partial charge in [-0.05, 0) is 65.9 Å². The minimum Gasteiger partial charge on any atom is -0.619 e.